The molecule has 1 fully saturated rings. The minimum atomic E-state index is -3.76. The number of hydrogen-bond donors (Lipinski definition) is 0. The van der Waals surface area contributed by atoms with E-state index in [9.17, 15) is 13.2 Å². The van der Waals surface area contributed by atoms with E-state index in [1.54, 1.807) is 17.0 Å². The van der Waals surface area contributed by atoms with Crippen LogP contribution in [-0.2, 0) is 28.5 Å². The van der Waals surface area contributed by atoms with Gasteiger partial charge in [0.15, 0.2) is 0 Å². The molecule has 32 heavy (non-hydrogen) atoms. The fourth-order valence-electron chi connectivity index (χ4n) is 3.09. The van der Waals surface area contributed by atoms with E-state index in [0.717, 1.165) is 24.4 Å². The van der Waals surface area contributed by atoms with E-state index in [1.165, 1.54) is 12.1 Å². The summed E-state index contributed by atoms with van der Waals surface area (Å²) in [6.45, 7) is 11.3. The number of amides is 1. The van der Waals surface area contributed by atoms with Gasteiger partial charge >= 0.3 is 6.09 Å². The fraction of sp³-hybridized carbons (Fsp3) is 0.682. The van der Waals surface area contributed by atoms with Crippen LogP contribution in [0.2, 0.25) is 25.7 Å². The third-order valence-corrected chi connectivity index (χ3v) is 8.17. The average molecular weight is 488 g/mol. The van der Waals surface area contributed by atoms with Crippen molar-refractivity contribution in [3.63, 3.8) is 0 Å². The van der Waals surface area contributed by atoms with E-state index in [0.29, 0.717) is 32.9 Å². The molecule has 0 aliphatic carbocycles. The van der Waals surface area contributed by atoms with Crippen molar-refractivity contribution in [2.45, 2.75) is 56.4 Å². The van der Waals surface area contributed by atoms with Crippen LogP contribution in [0.4, 0.5) is 4.79 Å². The summed E-state index contributed by atoms with van der Waals surface area (Å²) >= 11 is 0. The molecule has 1 aliphatic rings. The van der Waals surface area contributed by atoms with Crippen LogP contribution in [0.15, 0.2) is 29.2 Å². The smallest absolute Gasteiger partial charge is 0.409 e. The topological polar surface area (TPSA) is 91.4 Å². The molecule has 1 aliphatic heterocycles. The number of hydrogen-bond acceptors (Lipinski definition) is 7. The molecule has 2 rings (SSSR count). The van der Waals surface area contributed by atoms with Gasteiger partial charge in [-0.05, 0) is 37.9 Å². The largest absolute Gasteiger partial charge is 0.450 e. The van der Waals surface area contributed by atoms with Crippen LogP contribution in [0, 0.1) is 6.92 Å². The molecule has 0 aromatic heterocycles. The molecule has 0 bridgehead atoms. The van der Waals surface area contributed by atoms with Crippen molar-refractivity contribution in [3.8, 4) is 0 Å². The number of benzene rings is 1. The third-order valence-electron chi connectivity index (χ3n) is 5.13. The maximum atomic E-state index is 12.1. The Balaban J connectivity index is 1.51. The lowest BCUT2D eigenvalue weighted by molar-refractivity contribution is -0.0245. The van der Waals surface area contributed by atoms with Crippen LogP contribution in [0.5, 0.6) is 0 Å². The SMILES string of the molecule is Cc1ccc(S(=O)(=O)OCCOCCOC2CCN(C(=O)OCC[Si](C)(C)C)CC2)cc1. The molecule has 0 spiro atoms. The minimum Gasteiger partial charge on any atom is -0.450 e. The van der Waals surface area contributed by atoms with Crippen LogP contribution in [0.1, 0.15) is 18.4 Å². The van der Waals surface area contributed by atoms with Crippen LogP contribution < -0.4 is 0 Å². The summed E-state index contributed by atoms with van der Waals surface area (Å²) in [5.41, 5.74) is 0.982. The van der Waals surface area contributed by atoms with Crippen LogP contribution in [0.3, 0.4) is 0 Å². The Hall–Kier alpha value is -1.46. The van der Waals surface area contributed by atoms with E-state index in [2.05, 4.69) is 19.6 Å². The highest BCUT2D eigenvalue weighted by molar-refractivity contribution is 7.86. The van der Waals surface area contributed by atoms with Gasteiger partial charge < -0.3 is 19.1 Å². The Kier molecular flexibility index (Phi) is 10.6. The number of aryl methyl sites for hydroxylation is 1. The fourth-order valence-corrected chi connectivity index (χ4v) is 4.70. The Bertz CT molecular complexity index is 801. The highest BCUT2D eigenvalue weighted by Gasteiger charge is 2.24. The molecule has 1 aromatic carbocycles. The second-order valence-corrected chi connectivity index (χ2v) is 16.4. The molecule has 1 saturated heterocycles. The molecular weight excluding hydrogens is 450 g/mol. The number of rotatable bonds is 12. The zero-order valence-electron chi connectivity index (χ0n) is 19.7. The highest BCUT2D eigenvalue weighted by Crippen LogP contribution is 2.16. The van der Waals surface area contributed by atoms with Crippen molar-refractivity contribution in [1.29, 1.82) is 0 Å². The number of carbonyl (C=O) groups is 1. The van der Waals surface area contributed by atoms with Crippen LogP contribution in [-0.4, -0.2) is 79.7 Å². The van der Waals surface area contributed by atoms with Crippen molar-refractivity contribution in [2.75, 3.05) is 46.1 Å². The Morgan fingerprint density at radius 2 is 1.62 bits per heavy atom. The van der Waals surface area contributed by atoms with Crippen molar-refractivity contribution in [2.24, 2.45) is 0 Å². The summed E-state index contributed by atoms with van der Waals surface area (Å²) in [6, 6.07) is 7.48. The Morgan fingerprint density at radius 1 is 1.00 bits per heavy atom. The van der Waals surface area contributed by atoms with E-state index in [4.69, 9.17) is 18.4 Å². The van der Waals surface area contributed by atoms with Crippen molar-refractivity contribution >= 4 is 24.3 Å². The first-order valence-corrected chi connectivity index (χ1v) is 16.3. The number of ether oxygens (including phenoxy) is 3. The van der Waals surface area contributed by atoms with Crippen molar-refractivity contribution in [1.82, 2.24) is 4.90 Å². The second kappa shape index (κ2) is 12.7. The molecule has 0 unspecified atom stereocenters. The molecule has 1 heterocycles. The molecule has 0 radical (unpaired) electrons. The summed E-state index contributed by atoms with van der Waals surface area (Å²) in [7, 11) is -4.97. The van der Waals surface area contributed by atoms with Gasteiger partial charge in [-0.3, -0.25) is 4.18 Å². The highest BCUT2D eigenvalue weighted by atomic mass is 32.2. The predicted octanol–water partition coefficient (Wildman–Crippen LogP) is 3.67. The maximum Gasteiger partial charge on any atom is 0.409 e. The van der Waals surface area contributed by atoms with Gasteiger partial charge in [-0.1, -0.05) is 37.3 Å². The molecule has 0 saturated carbocycles. The summed E-state index contributed by atoms with van der Waals surface area (Å²) in [5.74, 6) is 0. The van der Waals surface area contributed by atoms with Gasteiger partial charge in [-0.15, -0.1) is 0 Å². The standard InChI is InChI=1S/C22H37NO7SSi/c1-19-5-7-21(8-6-19)31(25,26)30-16-14-27-13-15-28-20-9-11-23(12-10-20)22(24)29-17-18-32(2,3)4/h5-8,20H,9-18H2,1-4H3. The summed E-state index contributed by atoms with van der Waals surface area (Å²) < 4.78 is 45.8. The van der Waals surface area contributed by atoms with E-state index >= 15 is 0 Å². The van der Waals surface area contributed by atoms with E-state index < -0.39 is 18.2 Å². The van der Waals surface area contributed by atoms with E-state index in [1.807, 2.05) is 6.92 Å². The molecule has 1 amide bonds. The van der Waals surface area contributed by atoms with Gasteiger partial charge in [0.25, 0.3) is 10.1 Å². The Morgan fingerprint density at radius 3 is 2.25 bits per heavy atom. The molecule has 10 heteroatoms. The minimum absolute atomic E-state index is 0.0472. The van der Waals surface area contributed by atoms with Crippen LogP contribution in [0.25, 0.3) is 0 Å². The van der Waals surface area contributed by atoms with Crippen molar-refractivity contribution < 1.29 is 31.6 Å². The maximum absolute atomic E-state index is 12.1. The molecule has 0 atom stereocenters. The third kappa shape index (κ3) is 9.99. The van der Waals surface area contributed by atoms with E-state index in [-0.39, 0.29) is 30.3 Å². The monoisotopic (exact) mass is 487 g/mol. The molecule has 0 N–H and O–H groups in total. The zero-order chi connectivity index (χ0) is 23.6. The first-order chi connectivity index (χ1) is 15.1. The lowest BCUT2D eigenvalue weighted by Crippen LogP contribution is -2.41. The van der Waals surface area contributed by atoms with Crippen molar-refractivity contribution in [3.05, 3.63) is 29.8 Å². The quantitative estimate of drug-likeness (QED) is 0.252. The van der Waals surface area contributed by atoms with Gasteiger partial charge in [0.05, 0.1) is 44.0 Å². The van der Waals surface area contributed by atoms with Gasteiger partial charge in [0, 0.05) is 21.2 Å². The normalized spacial score (nSPS) is 15.7. The zero-order valence-corrected chi connectivity index (χ0v) is 21.5. The average Bonchev–Trinajstić information content (AvgIpc) is 2.73. The lowest BCUT2D eigenvalue weighted by Gasteiger charge is -2.31. The number of piperidine rings is 1. The summed E-state index contributed by atoms with van der Waals surface area (Å²) in [4.78, 5) is 14.0. The predicted molar refractivity (Wildman–Crippen MR) is 125 cm³/mol. The van der Waals surface area contributed by atoms with Gasteiger partial charge in [-0.25, -0.2) is 4.79 Å². The number of likely N-dealkylation sites (tertiary alicyclic amines) is 1. The summed E-state index contributed by atoms with van der Waals surface area (Å²) in [5, 5.41) is 0. The molecule has 8 nitrogen and oxygen atoms in total. The number of nitrogens with zero attached hydrogens (tertiary/aromatic N) is 1. The van der Waals surface area contributed by atoms with Gasteiger partial charge in [0.1, 0.15) is 0 Å². The Labute approximate surface area is 193 Å². The lowest BCUT2D eigenvalue weighted by atomic mass is 10.1. The molecule has 1 aromatic rings. The van der Waals surface area contributed by atoms with Gasteiger partial charge in [-0.2, -0.15) is 8.42 Å². The molecular formula is C22H37NO7SSi. The first-order valence-electron chi connectivity index (χ1n) is 11.1. The second-order valence-electron chi connectivity index (χ2n) is 9.18. The van der Waals surface area contributed by atoms with Gasteiger partial charge in [0.2, 0.25) is 0 Å². The molecule has 182 valence electrons. The summed E-state index contributed by atoms with van der Waals surface area (Å²) in [6.07, 6.45) is 1.38. The first kappa shape index (κ1) is 26.8. The van der Waals surface area contributed by atoms with Crippen LogP contribution >= 0.6 is 0 Å². The number of carbonyl (C=O) groups excluding carboxylic acids is 1.